The fourth-order valence-electron chi connectivity index (χ4n) is 2.41. The van der Waals surface area contributed by atoms with Crippen molar-refractivity contribution in [3.05, 3.63) is 11.3 Å². The Bertz CT molecular complexity index is 501. The van der Waals surface area contributed by atoms with Crippen LogP contribution in [0.15, 0.2) is 21.3 Å². The fourth-order valence-corrected chi connectivity index (χ4v) is 2.41. The third kappa shape index (κ3) is 1.80. The van der Waals surface area contributed by atoms with Gasteiger partial charge in [0.05, 0.1) is 18.6 Å². The number of hydrogen-bond donors (Lipinski definition) is 4. The van der Waals surface area contributed by atoms with E-state index in [-0.39, 0.29) is 5.91 Å². The van der Waals surface area contributed by atoms with Crippen molar-refractivity contribution in [2.24, 2.45) is 9.98 Å². The predicted molar refractivity (Wildman–Crippen MR) is 63.7 cm³/mol. The summed E-state index contributed by atoms with van der Waals surface area (Å²) in [4.78, 5) is 19.6. The molecule has 0 aliphatic carbocycles. The van der Waals surface area contributed by atoms with Gasteiger partial charge in [0, 0.05) is 11.8 Å². The van der Waals surface area contributed by atoms with Crippen LogP contribution >= 0.6 is 0 Å². The number of fused-ring (bicyclic) bond motifs is 1. The lowest BCUT2D eigenvalue weighted by Gasteiger charge is -2.18. The summed E-state index contributed by atoms with van der Waals surface area (Å²) in [6.07, 6.45) is -1.41. The van der Waals surface area contributed by atoms with Crippen molar-refractivity contribution in [1.82, 2.24) is 5.32 Å². The Morgan fingerprint density at radius 2 is 2.16 bits per heavy atom. The molecule has 1 unspecified atom stereocenters. The number of carbonyl (C=O) groups is 1. The molecule has 0 aromatic rings. The molecule has 8 heteroatoms. The minimum Gasteiger partial charge on any atom is -0.394 e. The van der Waals surface area contributed by atoms with Crippen LogP contribution in [0, 0.1) is 0 Å². The van der Waals surface area contributed by atoms with Gasteiger partial charge in [-0.1, -0.05) is 0 Å². The zero-order valence-electron chi connectivity index (χ0n) is 9.80. The standard InChI is InChI=1S/C11H13N3O5/c15-2-5-8(16)9(17)10(19-5)4-1-12-7-6(4)13-3-14-11(7)18/h1,3,5,7-10,15-17H,2H2,(H,13,14,18)/t5-,7?,8-,9-,10+/m1/s1. The number of hydrogen-bond acceptors (Lipinski definition) is 7. The predicted octanol–water partition coefficient (Wildman–Crippen LogP) is -2.67. The van der Waals surface area contributed by atoms with E-state index in [2.05, 4.69) is 15.3 Å². The zero-order chi connectivity index (χ0) is 13.6. The van der Waals surface area contributed by atoms with Crippen molar-refractivity contribution in [3.8, 4) is 0 Å². The van der Waals surface area contributed by atoms with Gasteiger partial charge in [0.15, 0.2) is 6.04 Å². The van der Waals surface area contributed by atoms with Crippen LogP contribution < -0.4 is 5.32 Å². The lowest BCUT2D eigenvalue weighted by atomic mass is 9.99. The molecule has 0 radical (unpaired) electrons. The first-order valence-electron chi connectivity index (χ1n) is 5.86. The van der Waals surface area contributed by atoms with Crippen molar-refractivity contribution in [2.45, 2.75) is 30.5 Å². The van der Waals surface area contributed by atoms with E-state index in [9.17, 15) is 15.0 Å². The fraction of sp³-hybridized carbons (Fsp3) is 0.545. The lowest BCUT2D eigenvalue weighted by Crippen LogP contribution is -2.37. The smallest absolute Gasteiger partial charge is 0.256 e. The monoisotopic (exact) mass is 267 g/mol. The average Bonchev–Trinajstić information content (AvgIpc) is 2.94. The first-order chi connectivity index (χ1) is 9.13. The Kier molecular flexibility index (Phi) is 2.94. The molecule has 1 amide bonds. The van der Waals surface area contributed by atoms with Gasteiger partial charge in [0.1, 0.15) is 24.4 Å². The highest BCUT2D eigenvalue weighted by atomic mass is 16.6. The van der Waals surface area contributed by atoms with Crippen LogP contribution in [-0.4, -0.2) is 70.8 Å². The molecule has 1 saturated heterocycles. The van der Waals surface area contributed by atoms with Gasteiger partial charge in [0.2, 0.25) is 0 Å². The second kappa shape index (κ2) is 4.49. The van der Waals surface area contributed by atoms with Crippen LogP contribution in [0.2, 0.25) is 0 Å². The highest BCUT2D eigenvalue weighted by Crippen LogP contribution is 2.32. The van der Waals surface area contributed by atoms with Crippen molar-refractivity contribution >= 4 is 18.5 Å². The van der Waals surface area contributed by atoms with Crippen molar-refractivity contribution in [3.63, 3.8) is 0 Å². The molecule has 19 heavy (non-hydrogen) atoms. The van der Waals surface area contributed by atoms with E-state index in [1.165, 1.54) is 12.6 Å². The molecule has 5 atom stereocenters. The second-order valence-corrected chi connectivity index (χ2v) is 4.55. The number of aliphatic hydroxyl groups excluding tert-OH is 3. The van der Waals surface area contributed by atoms with Gasteiger partial charge < -0.3 is 25.4 Å². The largest absolute Gasteiger partial charge is 0.394 e. The van der Waals surface area contributed by atoms with Crippen LogP contribution in [0.4, 0.5) is 0 Å². The van der Waals surface area contributed by atoms with Gasteiger partial charge in [-0.15, -0.1) is 0 Å². The molecule has 4 N–H and O–H groups in total. The van der Waals surface area contributed by atoms with E-state index in [1.807, 2.05) is 0 Å². The van der Waals surface area contributed by atoms with E-state index >= 15 is 0 Å². The third-order valence-corrected chi connectivity index (χ3v) is 3.43. The molecule has 0 bridgehead atoms. The molecule has 0 saturated carbocycles. The molecule has 1 fully saturated rings. The van der Waals surface area contributed by atoms with Gasteiger partial charge in [-0.25, -0.2) is 4.99 Å². The molecule has 3 heterocycles. The molecule has 102 valence electrons. The number of aliphatic imine (C=N–C) groups is 2. The molecule has 0 aromatic heterocycles. The normalized spacial score (nSPS) is 40.8. The van der Waals surface area contributed by atoms with Gasteiger partial charge in [-0.05, 0) is 0 Å². The summed E-state index contributed by atoms with van der Waals surface area (Å²) in [7, 11) is 0. The van der Waals surface area contributed by atoms with Gasteiger partial charge in [0.25, 0.3) is 5.91 Å². The van der Waals surface area contributed by atoms with Crippen LogP contribution in [0.25, 0.3) is 0 Å². The number of amides is 1. The van der Waals surface area contributed by atoms with E-state index < -0.39 is 37.1 Å². The maximum Gasteiger partial charge on any atom is 0.256 e. The van der Waals surface area contributed by atoms with E-state index in [0.717, 1.165) is 0 Å². The van der Waals surface area contributed by atoms with Crippen molar-refractivity contribution in [1.29, 1.82) is 0 Å². The number of carbonyl (C=O) groups excluding carboxylic acids is 1. The van der Waals surface area contributed by atoms with E-state index in [4.69, 9.17) is 9.84 Å². The number of ether oxygens (including phenoxy) is 1. The molecular formula is C11H13N3O5. The number of nitrogens with one attached hydrogen (secondary N) is 1. The minimum atomic E-state index is -1.19. The second-order valence-electron chi connectivity index (χ2n) is 4.55. The lowest BCUT2D eigenvalue weighted by molar-refractivity contribution is -0.120. The van der Waals surface area contributed by atoms with Gasteiger partial charge >= 0.3 is 0 Å². The Morgan fingerprint density at radius 3 is 2.84 bits per heavy atom. The Labute approximate surface area is 108 Å². The first kappa shape index (κ1) is 12.4. The topological polar surface area (TPSA) is 124 Å². The molecular weight excluding hydrogens is 254 g/mol. The third-order valence-electron chi connectivity index (χ3n) is 3.43. The maximum absolute atomic E-state index is 11.6. The summed E-state index contributed by atoms with van der Waals surface area (Å²) in [5.74, 6) is -0.303. The number of aliphatic hydroxyl groups is 3. The Balaban J connectivity index is 1.93. The van der Waals surface area contributed by atoms with Crippen LogP contribution in [0.5, 0.6) is 0 Å². The van der Waals surface area contributed by atoms with Crippen molar-refractivity contribution < 1.29 is 24.9 Å². The Hall–Kier alpha value is -1.61. The highest BCUT2D eigenvalue weighted by Gasteiger charge is 2.46. The maximum atomic E-state index is 11.6. The van der Waals surface area contributed by atoms with Crippen LogP contribution in [0.3, 0.4) is 0 Å². The zero-order valence-corrected chi connectivity index (χ0v) is 9.80. The average molecular weight is 267 g/mol. The summed E-state index contributed by atoms with van der Waals surface area (Å²) in [6.45, 7) is -0.401. The number of rotatable bonds is 2. The Morgan fingerprint density at radius 1 is 1.37 bits per heavy atom. The van der Waals surface area contributed by atoms with Crippen molar-refractivity contribution in [2.75, 3.05) is 6.61 Å². The summed E-state index contributed by atoms with van der Waals surface area (Å²) in [6, 6.07) is -0.735. The quantitative estimate of drug-likeness (QED) is 0.434. The summed E-state index contributed by atoms with van der Waals surface area (Å²) in [5.41, 5.74) is 0.859. The molecule has 0 spiro atoms. The van der Waals surface area contributed by atoms with Crippen LogP contribution in [-0.2, 0) is 9.53 Å². The van der Waals surface area contributed by atoms with E-state index in [0.29, 0.717) is 11.3 Å². The highest BCUT2D eigenvalue weighted by molar-refractivity contribution is 6.02. The molecule has 8 nitrogen and oxygen atoms in total. The summed E-state index contributed by atoms with van der Waals surface area (Å²) in [5, 5.41) is 31.1. The SMILES string of the molecule is O=C1NC=NC2=C([C@@H]3O[C@H](CO)[C@@H](O)[C@H]3O)C=NC12. The minimum absolute atomic E-state index is 0.303. The summed E-state index contributed by atoms with van der Waals surface area (Å²) < 4.78 is 5.40. The molecule has 3 aliphatic heterocycles. The van der Waals surface area contributed by atoms with E-state index in [1.54, 1.807) is 0 Å². The molecule has 3 aliphatic rings. The molecule has 3 rings (SSSR count). The van der Waals surface area contributed by atoms with Crippen LogP contribution in [0.1, 0.15) is 0 Å². The van der Waals surface area contributed by atoms with Gasteiger partial charge in [-0.2, -0.15) is 0 Å². The summed E-state index contributed by atoms with van der Waals surface area (Å²) >= 11 is 0. The first-order valence-corrected chi connectivity index (χ1v) is 5.86. The van der Waals surface area contributed by atoms with Gasteiger partial charge in [-0.3, -0.25) is 9.79 Å². The number of nitrogens with zero attached hydrogens (tertiary/aromatic N) is 2. The molecule has 0 aromatic carbocycles.